The minimum Gasteiger partial charge on any atom is -0.550 e. The van der Waals surface area contributed by atoms with Crippen molar-refractivity contribution >= 4 is 42.3 Å². The summed E-state index contributed by atoms with van der Waals surface area (Å²) in [6, 6.07) is 10.3. The Morgan fingerprint density at radius 1 is 0.750 bits per heavy atom. The van der Waals surface area contributed by atoms with Crippen molar-refractivity contribution in [2.45, 2.75) is 27.7 Å². The Labute approximate surface area is 135 Å². The molecule has 0 fully saturated rings. The summed E-state index contributed by atoms with van der Waals surface area (Å²) in [6.45, 7) is 5.00. The van der Waals surface area contributed by atoms with Gasteiger partial charge in [-0.3, -0.25) is 0 Å². The van der Waals surface area contributed by atoms with Gasteiger partial charge in [-0.1, -0.05) is 35.9 Å². The van der Waals surface area contributed by atoms with E-state index < -0.39 is 17.9 Å². The zero-order chi connectivity index (χ0) is 15.8. The van der Waals surface area contributed by atoms with Gasteiger partial charge in [-0.25, -0.2) is 0 Å². The first-order chi connectivity index (χ1) is 8.59. The maximum atomic E-state index is 8.89. The molecule has 0 bridgehead atoms. The van der Waals surface area contributed by atoms with E-state index in [9.17, 15) is 0 Å². The normalized spacial score (nSPS) is 6.80. The van der Waals surface area contributed by atoms with Gasteiger partial charge < -0.3 is 29.7 Å². The monoisotopic (exact) mass is 390 g/mol. The van der Waals surface area contributed by atoms with Crippen LogP contribution < -0.4 is 15.3 Å². The number of benzene rings is 1. The summed E-state index contributed by atoms with van der Waals surface area (Å²) in [5.41, 5.74) is 1.32. The molecule has 0 aromatic heterocycles. The Bertz CT molecular complexity index is 324. The third kappa shape index (κ3) is 94.4. The van der Waals surface area contributed by atoms with Crippen LogP contribution in [0.4, 0.5) is 0 Å². The molecule has 20 heavy (non-hydrogen) atoms. The largest absolute Gasteiger partial charge is 3.00 e. The number of aryl methyl sites for hydroxylation is 1. The van der Waals surface area contributed by atoms with Crippen molar-refractivity contribution in [3.63, 3.8) is 0 Å². The molecule has 0 saturated heterocycles. The Balaban J connectivity index is -0.0000000881. The smallest absolute Gasteiger partial charge is 0.550 e. The van der Waals surface area contributed by atoms with E-state index in [1.807, 2.05) is 18.2 Å². The number of aliphatic carboxylic acids is 3. The molecule has 0 aliphatic carbocycles. The minimum absolute atomic E-state index is 0. The van der Waals surface area contributed by atoms with Crippen LogP contribution in [0.15, 0.2) is 30.3 Å². The van der Waals surface area contributed by atoms with E-state index in [1.54, 1.807) is 0 Å². The van der Waals surface area contributed by atoms with Crippen molar-refractivity contribution in [1.29, 1.82) is 0 Å². The fourth-order valence-electron chi connectivity index (χ4n) is 0.534. The summed E-state index contributed by atoms with van der Waals surface area (Å²) in [7, 11) is 0. The summed E-state index contributed by atoms with van der Waals surface area (Å²) >= 11 is 0. The average Bonchev–Trinajstić information content (AvgIpc) is 2.15. The first kappa shape index (κ1) is 26.9. The summed E-state index contributed by atoms with van der Waals surface area (Å²) < 4.78 is 0. The van der Waals surface area contributed by atoms with Gasteiger partial charge in [0.05, 0.1) is 0 Å². The van der Waals surface area contributed by atoms with Crippen molar-refractivity contribution < 1.29 is 29.7 Å². The molecule has 0 aliphatic rings. The molecular weight excluding hydrogens is 374 g/mol. The van der Waals surface area contributed by atoms with E-state index in [0.717, 1.165) is 20.8 Å². The molecular formula is C13H17O6Sb. The van der Waals surface area contributed by atoms with Crippen LogP contribution in [0, 0.1) is 6.92 Å². The molecule has 110 valence electrons. The molecule has 0 aliphatic heterocycles. The van der Waals surface area contributed by atoms with Crippen molar-refractivity contribution in [2.24, 2.45) is 0 Å². The molecule has 0 N–H and O–H groups in total. The number of carboxylic acids is 3. The third-order valence-electron chi connectivity index (χ3n) is 0.940. The standard InChI is InChI=1S/C7H8.3C2H4O2.Sb/c1-7-5-3-2-4-6-7;3*1-2(3)4;/h2-6H,1H3;3*1H3,(H,3,4);/q;;;;+3/p-3. The fraction of sp³-hybridized carbons (Fsp3) is 0.308. The van der Waals surface area contributed by atoms with Gasteiger partial charge in [0.1, 0.15) is 0 Å². The maximum absolute atomic E-state index is 8.89. The third-order valence-corrected chi connectivity index (χ3v) is 0.940. The van der Waals surface area contributed by atoms with Crippen LogP contribution in [0.3, 0.4) is 0 Å². The quantitative estimate of drug-likeness (QED) is 0.467. The number of carbonyl (C=O) groups is 3. The number of carboxylic acid groups (broad SMARTS) is 3. The van der Waals surface area contributed by atoms with Gasteiger partial charge in [0.25, 0.3) is 0 Å². The van der Waals surface area contributed by atoms with Gasteiger partial charge in [0.2, 0.25) is 0 Å². The Morgan fingerprint density at radius 3 is 1.05 bits per heavy atom. The van der Waals surface area contributed by atoms with E-state index in [2.05, 4.69) is 19.1 Å². The van der Waals surface area contributed by atoms with Gasteiger partial charge in [-0.15, -0.1) is 0 Å². The first-order valence-corrected chi connectivity index (χ1v) is 5.14. The zero-order valence-corrected chi connectivity index (χ0v) is 14.3. The molecule has 0 spiro atoms. The topological polar surface area (TPSA) is 120 Å². The molecule has 1 aromatic rings. The second kappa shape index (κ2) is 19.8. The van der Waals surface area contributed by atoms with Crippen molar-refractivity contribution in [1.82, 2.24) is 0 Å². The SMILES string of the molecule is CC(=O)[O-].CC(=O)[O-].CC(=O)[O-].Cc1ccccc1.[Sb+3]. The molecule has 0 unspecified atom stereocenters. The molecule has 1 rings (SSSR count). The predicted molar refractivity (Wildman–Crippen MR) is 69.0 cm³/mol. The second-order valence-corrected chi connectivity index (χ2v) is 3.13. The van der Waals surface area contributed by atoms with E-state index in [0.29, 0.717) is 0 Å². The van der Waals surface area contributed by atoms with Crippen molar-refractivity contribution in [3.05, 3.63) is 35.9 Å². The first-order valence-electron chi connectivity index (χ1n) is 5.14. The van der Waals surface area contributed by atoms with Crippen LogP contribution in [0.2, 0.25) is 0 Å². The Morgan fingerprint density at radius 2 is 0.950 bits per heavy atom. The molecule has 7 heteroatoms. The van der Waals surface area contributed by atoms with Gasteiger partial charge in [-0.05, 0) is 27.7 Å². The van der Waals surface area contributed by atoms with Crippen molar-refractivity contribution in [2.75, 3.05) is 0 Å². The number of hydrogen-bond donors (Lipinski definition) is 0. The predicted octanol–water partition coefficient (Wildman–Crippen LogP) is -2.12. The van der Waals surface area contributed by atoms with Gasteiger partial charge in [0, 0.05) is 17.9 Å². The average molecular weight is 391 g/mol. The Kier molecular flexibility index (Phi) is 26.6. The van der Waals surface area contributed by atoms with Crippen LogP contribution in [0.1, 0.15) is 26.3 Å². The molecule has 1 aromatic carbocycles. The summed E-state index contributed by atoms with van der Waals surface area (Å²) in [5.74, 6) is -3.25. The van der Waals surface area contributed by atoms with E-state index >= 15 is 0 Å². The van der Waals surface area contributed by atoms with Crippen molar-refractivity contribution in [3.8, 4) is 0 Å². The van der Waals surface area contributed by atoms with E-state index in [-0.39, 0.29) is 24.4 Å². The maximum Gasteiger partial charge on any atom is 3.00 e. The second-order valence-electron chi connectivity index (χ2n) is 3.13. The van der Waals surface area contributed by atoms with Crippen LogP contribution >= 0.6 is 0 Å². The molecule has 2 radical (unpaired) electrons. The summed E-state index contributed by atoms with van der Waals surface area (Å²) in [5, 5.41) is 26.7. The molecule has 6 nitrogen and oxygen atoms in total. The minimum atomic E-state index is -1.08. The number of hydrogen-bond acceptors (Lipinski definition) is 6. The van der Waals surface area contributed by atoms with Gasteiger partial charge in [0.15, 0.2) is 0 Å². The van der Waals surface area contributed by atoms with Crippen LogP contribution in [0.5, 0.6) is 0 Å². The number of carbonyl (C=O) groups excluding carboxylic acids is 3. The van der Waals surface area contributed by atoms with E-state index in [1.165, 1.54) is 5.56 Å². The Hall–Kier alpha value is -1.55. The van der Waals surface area contributed by atoms with Gasteiger partial charge in [-0.2, -0.15) is 0 Å². The molecule has 0 amide bonds. The van der Waals surface area contributed by atoms with Crippen LogP contribution in [-0.2, 0) is 14.4 Å². The summed E-state index contributed by atoms with van der Waals surface area (Å²) in [6.07, 6.45) is 0. The zero-order valence-electron chi connectivity index (χ0n) is 11.8. The van der Waals surface area contributed by atoms with Crippen LogP contribution in [0.25, 0.3) is 0 Å². The molecule has 0 heterocycles. The summed E-state index contributed by atoms with van der Waals surface area (Å²) in [4.78, 5) is 26.7. The number of rotatable bonds is 0. The molecule has 0 atom stereocenters. The fourth-order valence-corrected chi connectivity index (χ4v) is 0.534. The van der Waals surface area contributed by atoms with E-state index in [4.69, 9.17) is 29.7 Å². The molecule has 0 saturated carbocycles. The van der Waals surface area contributed by atoms with Gasteiger partial charge >= 0.3 is 24.4 Å². The van der Waals surface area contributed by atoms with Crippen LogP contribution in [-0.4, -0.2) is 42.3 Å².